The second-order valence-corrected chi connectivity index (χ2v) is 6.32. The summed E-state index contributed by atoms with van der Waals surface area (Å²) in [5.74, 6) is 2.14. The van der Waals surface area contributed by atoms with Gasteiger partial charge in [-0.3, -0.25) is 5.10 Å². The van der Waals surface area contributed by atoms with Crippen molar-refractivity contribution in [2.45, 2.75) is 26.2 Å². The van der Waals surface area contributed by atoms with Gasteiger partial charge in [0.25, 0.3) is 0 Å². The third-order valence-electron chi connectivity index (χ3n) is 4.83. The maximum absolute atomic E-state index is 5.70. The summed E-state index contributed by atoms with van der Waals surface area (Å²) in [5, 5.41) is 6.94. The zero-order chi connectivity index (χ0) is 16.2. The molecule has 0 unspecified atom stereocenters. The quantitative estimate of drug-likeness (QED) is 0.890. The molecule has 1 fully saturated rings. The number of H-pyrrole nitrogens is 1. The number of ether oxygens (including phenoxy) is 1. The second-order valence-electron chi connectivity index (χ2n) is 6.32. The van der Waals surface area contributed by atoms with Crippen LogP contribution in [0.3, 0.4) is 0 Å². The van der Waals surface area contributed by atoms with Gasteiger partial charge in [0.05, 0.1) is 12.8 Å². The Labute approximate surface area is 137 Å². The minimum Gasteiger partial charge on any atom is -0.496 e. The lowest BCUT2D eigenvalue weighted by molar-refractivity contribution is 0.192. The SMILES string of the molecule is CCN1CCC(Cc2ccc(-c3cc(N)n[nH]3)c(OC)c2)CC1. The van der Waals surface area contributed by atoms with Crippen LogP contribution in [0.1, 0.15) is 25.3 Å². The van der Waals surface area contributed by atoms with E-state index in [0.29, 0.717) is 5.82 Å². The number of piperidine rings is 1. The van der Waals surface area contributed by atoms with Crippen molar-refractivity contribution in [2.75, 3.05) is 32.5 Å². The number of aromatic amines is 1. The van der Waals surface area contributed by atoms with Gasteiger partial charge in [0.2, 0.25) is 0 Å². The van der Waals surface area contributed by atoms with Gasteiger partial charge >= 0.3 is 0 Å². The average molecular weight is 314 g/mol. The summed E-state index contributed by atoms with van der Waals surface area (Å²) in [6, 6.07) is 8.28. The van der Waals surface area contributed by atoms with Gasteiger partial charge in [0, 0.05) is 11.6 Å². The summed E-state index contributed by atoms with van der Waals surface area (Å²) in [6.45, 7) is 5.86. The summed E-state index contributed by atoms with van der Waals surface area (Å²) in [7, 11) is 1.71. The molecule has 0 saturated carbocycles. The number of rotatable bonds is 5. The molecular weight excluding hydrogens is 288 g/mol. The number of benzene rings is 1. The van der Waals surface area contributed by atoms with E-state index in [-0.39, 0.29) is 0 Å². The van der Waals surface area contributed by atoms with Gasteiger partial charge in [-0.2, -0.15) is 5.10 Å². The zero-order valence-corrected chi connectivity index (χ0v) is 14.0. The van der Waals surface area contributed by atoms with Crippen LogP contribution in [-0.4, -0.2) is 41.8 Å². The Morgan fingerprint density at radius 1 is 1.30 bits per heavy atom. The van der Waals surface area contributed by atoms with E-state index in [4.69, 9.17) is 10.5 Å². The molecule has 3 rings (SSSR count). The summed E-state index contributed by atoms with van der Waals surface area (Å²) in [6.07, 6.45) is 3.70. The molecule has 0 aliphatic carbocycles. The van der Waals surface area contributed by atoms with E-state index in [1.807, 2.05) is 6.07 Å². The first-order valence-electron chi connectivity index (χ1n) is 8.40. The van der Waals surface area contributed by atoms with E-state index >= 15 is 0 Å². The van der Waals surface area contributed by atoms with Crippen LogP contribution < -0.4 is 10.5 Å². The highest BCUT2D eigenvalue weighted by Crippen LogP contribution is 2.32. The number of anilines is 1. The maximum Gasteiger partial charge on any atom is 0.145 e. The largest absolute Gasteiger partial charge is 0.496 e. The molecule has 1 aliphatic rings. The van der Waals surface area contributed by atoms with E-state index in [9.17, 15) is 0 Å². The van der Waals surface area contributed by atoms with Crippen LogP contribution in [0.15, 0.2) is 24.3 Å². The molecule has 0 atom stereocenters. The first-order chi connectivity index (χ1) is 11.2. The van der Waals surface area contributed by atoms with E-state index in [2.05, 4.69) is 40.2 Å². The summed E-state index contributed by atoms with van der Waals surface area (Å²) >= 11 is 0. The number of methoxy groups -OCH3 is 1. The number of likely N-dealkylation sites (tertiary alicyclic amines) is 1. The third-order valence-corrected chi connectivity index (χ3v) is 4.83. The minimum absolute atomic E-state index is 0.494. The summed E-state index contributed by atoms with van der Waals surface area (Å²) in [4.78, 5) is 2.53. The lowest BCUT2D eigenvalue weighted by atomic mass is 9.89. The third kappa shape index (κ3) is 3.67. The monoisotopic (exact) mass is 314 g/mol. The Bertz CT molecular complexity index is 644. The standard InChI is InChI=1S/C18H26N4O/c1-3-22-8-6-13(7-9-22)10-14-4-5-15(17(11-14)23-2)16-12-18(19)21-20-16/h4-5,11-13H,3,6-10H2,1-2H3,(H3,19,20,21). The molecule has 2 heterocycles. The highest BCUT2D eigenvalue weighted by Gasteiger charge is 2.19. The fraction of sp³-hybridized carbons (Fsp3) is 0.500. The van der Waals surface area contributed by atoms with Crippen LogP contribution in [0.2, 0.25) is 0 Å². The van der Waals surface area contributed by atoms with Crippen LogP contribution in [0, 0.1) is 5.92 Å². The van der Waals surface area contributed by atoms with Gasteiger partial charge < -0.3 is 15.4 Å². The fourth-order valence-electron chi connectivity index (χ4n) is 3.40. The van der Waals surface area contributed by atoms with E-state index < -0.39 is 0 Å². The molecule has 0 radical (unpaired) electrons. The Kier molecular flexibility index (Phi) is 4.86. The number of nitrogens with zero attached hydrogens (tertiary/aromatic N) is 2. The fourth-order valence-corrected chi connectivity index (χ4v) is 3.40. The first kappa shape index (κ1) is 15.9. The average Bonchev–Trinajstić information content (AvgIpc) is 3.01. The molecule has 1 aromatic carbocycles. The molecule has 0 spiro atoms. The Morgan fingerprint density at radius 3 is 2.70 bits per heavy atom. The van der Waals surface area contributed by atoms with Crippen molar-refractivity contribution < 1.29 is 4.74 Å². The predicted octanol–water partition coefficient (Wildman–Crippen LogP) is 2.94. The van der Waals surface area contributed by atoms with Crippen LogP contribution >= 0.6 is 0 Å². The zero-order valence-electron chi connectivity index (χ0n) is 14.0. The molecule has 0 bridgehead atoms. The number of aromatic nitrogens is 2. The Hall–Kier alpha value is -2.01. The molecular formula is C18H26N4O. The van der Waals surface area contributed by atoms with Crippen LogP contribution in [-0.2, 0) is 6.42 Å². The number of nitrogens with two attached hydrogens (primary N) is 1. The van der Waals surface area contributed by atoms with E-state index in [1.165, 1.54) is 38.0 Å². The van der Waals surface area contributed by atoms with Crippen molar-refractivity contribution in [1.29, 1.82) is 0 Å². The number of nitrogens with one attached hydrogen (secondary N) is 1. The molecule has 2 aromatic rings. The van der Waals surface area contributed by atoms with Crippen molar-refractivity contribution in [1.82, 2.24) is 15.1 Å². The highest BCUT2D eigenvalue weighted by molar-refractivity contribution is 5.69. The smallest absolute Gasteiger partial charge is 0.145 e. The van der Waals surface area contributed by atoms with Crippen LogP contribution in [0.4, 0.5) is 5.82 Å². The highest BCUT2D eigenvalue weighted by atomic mass is 16.5. The minimum atomic E-state index is 0.494. The topological polar surface area (TPSA) is 67.2 Å². The number of nitrogen functional groups attached to an aromatic ring is 1. The van der Waals surface area contributed by atoms with Gasteiger partial charge in [-0.15, -0.1) is 0 Å². The molecule has 0 amide bonds. The van der Waals surface area contributed by atoms with Gasteiger partial charge in [-0.25, -0.2) is 0 Å². The Morgan fingerprint density at radius 2 is 2.09 bits per heavy atom. The molecule has 23 heavy (non-hydrogen) atoms. The second kappa shape index (κ2) is 7.04. The van der Waals surface area contributed by atoms with Crippen molar-refractivity contribution in [2.24, 2.45) is 5.92 Å². The number of hydrogen-bond acceptors (Lipinski definition) is 4. The molecule has 1 aromatic heterocycles. The molecule has 1 saturated heterocycles. The van der Waals surface area contributed by atoms with Crippen molar-refractivity contribution in [3.63, 3.8) is 0 Å². The lowest BCUT2D eigenvalue weighted by Gasteiger charge is -2.31. The lowest BCUT2D eigenvalue weighted by Crippen LogP contribution is -2.34. The predicted molar refractivity (Wildman–Crippen MR) is 93.5 cm³/mol. The van der Waals surface area contributed by atoms with Crippen LogP contribution in [0.25, 0.3) is 11.3 Å². The molecule has 3 N–H and O–H groups in total. The van der Waals surface area contributed by atoms with Gasteiger partial charge in [-0.1, -0.05) is 13.0 Å². The summed E-state index contributed by atoms with van der Waals surface area (Å²) in [5.41, 5.74) is 8.93. The Balaban J connectivity index is 1.72. The molecule has 124 valence electrons. The van der Waals surface area contributed by atoms with Gasteiger partial charge in [0.1, 0.15) is 11.6 Å². The van der Waals surface area contributed by atoms with Gasteiger partial charge in [-0.05, 0) is 62.5 Å². The molecule has 5 nitrogen and oxygen atoms in total. The normalized spacial score (nSPS) is 16.6. The maximum atomic E-state index is 5.70. The van der Waals surface area contributed by atoms with E-state index in [1.54, 1.807) is 7.11 Å². The van der Waals surface area contributed by atoms with Crippen LogP contribution in [0.5, 0.6) is 5.75 Å². The van der Waals surface area contributed by atoms with Crippen molar-refractivity contribution >= 4 is 5.82 Å². The van der Waals surface area contributed by atoms with Gasteiger partial charge in [0.15, 0.2) is 0 Å². The van der Waals surface area contributed by atoms with E-state index in [0.717, 1.165) is 29.3 Å². The summed E-state index contributed by atoms with van der Waals surface area (Å²) < 4.78 is 5.58. The molecule has 1 aliphatic heterocycles. The first-order valence-corrected chi connectivity index (χ1v) is 8.40. The molecule has 5 heteroatoms. The van der Waals surface area contributed by atoms with Crippen molar-refractivity contribution in [3.05, 3.63) is 29.8 Å². The van der Waals surface area contributed by atoms with Crippen molar-refractivity contribution in [3.8, 4) is 17.0 Å². The number of hydrogen-bond donors (Lipinski definition) is 2.